The molecule has 3 aromatic rings. The smallest absolute Gasteiger partial charge is 0.119 e. The van der Waals surface area contributed by atoms with Crippen molar-refractivity contribution in [2.24, 2.45) is 0 Å². The van der Waals surface area contributed by atoms with Gasteiger partial charge in [-0.15, -0.1) is 0 Å². The zero-order chi connectivity index (χ0) is 11.0. The molecular weight excluding hydrogens is 196 g/mol. The molecule has 3 rings (SSSR count). The Morgan fingerprint density at radius 2 is 1.69 bits per heavy atom. The van der Waals surface area contributed by atoms with Crippen molar-refractivity contribution in [2.45, 2.75) is 0 Å². The molecule has 0 heterocycles. The maximum atomic E-state index is 5.22. The van der Waals surface area contributed by atoms with Crippen LogP contribution in [0, 0.1) is 6.07 Å². The molecule has 0 aromatic heterocycles. The normalized spacial score (nSPS) is 10.8. The molecule has 0 aliphatic carbocycles. The first kappa shape index (κ1) is 9.22. The highest BCUT2D eigenvalue weighted by atomic mass is 16.5. The van der Waals surface area contributed by atoms with Crippen LogP contribution in [0.15, 0.2) is 48.5 Å². The van der Waals surface area contributed by atoms with Crippen molar-refractivity contribution in [1.82, 2.24) is 0 Å². The largest absolute Gasteiger partial charge is 0.497 e. The summed E-state index contributed by atoms with van der Waals surface area (Å²) in [7, 11) is 1.69. The standard InChI is InChI=1S/C15H11O/c1-16-15-7-6-13-8-11-4-2-3-5-12(11)9-14(13)10-15/h2-7,9-10H,1H3. The molecule has 16 heavy (non-hydrogen) atoms. The Morgan fingerprint density at radius 1 is 0.875 bits per heavy atom. The van der Waals surface area contributed by atoms with Crippen molar-refractivity contribution in [2.75, 3.05) is 7.11 Å². The molecule has 0 saturated carbocycles. The number of hydrogen-bond donors (Lipinski definition) is 0. The first-order chi connectivity index (χ1) is 7.86. The first-order valence-corrected chi connectivity index (χ1v) is 5.26. The second-order valence-corrected chi connectivity index (χ2v) is 3.81. The van der Waals surface area contributed by atoms with Gasteiger partial charge in [-0.2, -0.15) is 0 Å². The monoisotopic (exact) mass is 207 g/mol. The molecule has 0 bridgehead atoms. The molecular formula is C15H11O. The molecule has 0 unspecified atom stereocenters. The van der Waals surface area contributed by atoms with Crippen LogP contribution in [0.2, 0.25) is 0 Å². The Morgan fingerprint density at radius 3 is 2.56 bits per heavy atom. The predicted octanol–water partition coefficient (Wildman–Crippen LogP) is 3.80. The van der Waals surface area contributed by atoms with Crippen LogP contribution in [0.1, 0.15) is 0 Å². The Bertz CT molecular complexity index is 656. The Kier molecular flexibility index (Phi) is 2.03. The molecule has 0 atom stereocenters. The van der Waals surface area contributed by atoms with Crippen LogP contribution in [0.4, 0.5) is 0 Å². The van der Waals surface area contributed by atoms with Crippen molar-refractivity contribution >= 4 is 21.5 Å². The lowest BCUT2D eigenvalue weighted by Crippen LogP contribution is -1.82. The molecule has 0 aliphatic heterocycles. The van der Waals surface area contributed by atoms with E-state index in [0.717, 1.165) is 21.9 Å². The number of fused-ring (bicyclic) bond motifs is 2. The molecule has 0 fully saturated rings. The quantitative estimate of drug-likeness (QED) is 0.551. The highest BCUT2D eigenvalue weighted by Gasteiger charge is 1.99. The maximum Gasteiger partial charge on any atom is 0.119 e. The van der Waals surface area contributed by atoms with Crippen molar-refractivity contribution in [1.29, 1.82) is 0 Å². The summed E-state index contributed by atoms with van der Waals surface area (Å²) in [5, 5.41) is 4.65. The molecule has 3 aromatic carbocycles. The highest BCUT2D eigenvalue weighted by Crippen LogP contribution is 2.25. The van der Waals surface area contributed by atoms with Crippen molar-refractivity contribution in [3.8, 4) is 5.75 Å². The lowest BCUT2D eigenvalue weighted by atomic mass is 10.0. The van der Waals surface area contributed by atoms with E-state index in [0.29, 0.717) is 0 Å². The van der Waals surface area contributed by atoms with Gasteiger partial charge in [0.15, 0.2) is 0 Å². The Labute approximate surface area is 94.3 Å². The predicted molar refractivity (Wildman–Crippen MR) is 66.8 cm³/mol. The molecule has 77 valence electrons. The number of rotatable bonds is 1. The third kappa shape index (κ3) is 1.41. The van der Waals surface area contributed by atoms with Gasteiger partial charge in [-0.05, 0) is 45.8 Å². The third-order valence-corrected chi connectivity index (χ3v) is 2.80. The summed E-state index contributed by atoms with van der Waals surface area (Å²) in [6.45, 7) is 0. The number of benzene rings is 3. The summed E-state index contributed by atoms with van der Waals surface area (Å²) in [6.07, 6.45) is 0. The molecule has 1 radical (unpaired) electrons. The first-order valence-electron chi connectivity index (χ1n) is 5.26. The topological polar surface area (TPSA) is 9.23 Å². The Balaban J connectivity index is 2.37. The molecule has 0 aliphatic rings. The van der Waals surface area contributed by atoms with Crippen LogP contribution in [0.5, 0.6) is 5.75 Å². The van der Waals surface area contributed by atoms with Crippen LogP contribution in [-0.2, 0) is 0 Å². The summed E-state index contributed by atoms with van der Waals surface area (Å²) in [5.41, 5.74) is 0. The lowest BCUT2D eigenvalue weighted by molar-refractivity contribution is 0.415. The van der Waals surface area contributed by atoms with Gasteiger partial charge in [0.1, 0.15) is 5.75 Å². The van der Waals surface area contributed by atoms with Crippen LogP contribution >= 0.6 is 0 Å². The average molecular weight is 207 g/mol. The van der Waals surface area contributed by atoms with Crippen molar-refractivity contribution in [3.63, 3.8) is 0 Å². The van der Waals surface area contributed by atoms with E-state index in [1.807, 2.05) is 30.3 Å². The van der Waals surface area contributed by atoms with Crippen LogP contribution < -0.4 is 4.74 Å². The van der Waals surface area contributed by atoms with Crippen LogP contribution in [0.25, 0.3) is 21.5 Å². The molecule has 0 amide bonds. The van der Waals surface area contributed by atoms with Crippen LogP contribution in [-0.4, -0.2) is 7.11 Å². The van der Waals surface area contributed by atoms with Gasteiger partial charge in [-0.1, -0.05) is 30.3 Å². The van der Waals surface area contributed by atoms with Crippen molar-refractivity contribution in [3.05, 3.63) is 54.6 Å². The second-order valence-electron chi connectivity index (χ2n) is 3.81. The van der Waals surface area contributed by atoms with E-state index in [1.165, 1.54) is 5.39 Å². The van der Waals surface area contributed by atoms with E-state index in [1.54, 1.807) is 7.11 Å². The van der Waals surface area contributed by atoms with Crippen LogP contribution in [0.3, 0.4) is 0 Å². The van der Waals surface area contributed by atoms with Gasteiger partial charge in [0.2, 0.25) is 0 Å². The number of ether oxygens (including phenoxy) is 1. The van der Waals surface area contributed by atoms with E-state index in [-0.39, 0.29) is 0 Å². The maximum absolute atomic E-state index is 5.22. The number of methoxy groups -OCH3 is 1. The van der Waals surface area contributed by atoms with E-state index < -0.39 is 0 Å². The van der Waals surface area contributed by atoms with E-state index in [9.17, 15) is 0 Å². The molecule has 1 heteroatoms. The summed E-state index contributed by atoms with van der Waals surface area (Å²) >= 11 is 0. The minimum atomic E-state index is 0.885. The third-order valence-electron chi connectivity index (χ3n) is 2.80. The summed E-state index contributed by atoms with van der Waals surface area (Å²) in [4.78, 5) is 0. The molecule has 0 N–H and O–H groups in total. The molecule has 0 spiro atoms. The zero-order valence-electron chi connectivity index (χ0n) is 9.03. The fraction of sp³-hybridized carbons (Fsp3) is 0.0667. The van der Waals surface area contributed by atoms with Gasteiger partial charge in [-0.3, -0.25) is 0 Å². The zero-order valence-corrected chi connectivity index (χ0v) is 9.03. The van der Waals surface area contributed by atoms with E-state index >= 15 is 0 Å². The number of hydrogen-bond acceptors (Lipinski definition) is 1. The van der Waals surface area contributed by atoms with Crippen molar-refractivity contribution < 1.29 is 4.74 Å². The van der Waals surface area contributed by atoms with Gasteiger partial charge in [0.25, 0.3) is 0 Å². The lowest BCUT2D eigenvalue weighted by Gasteiger charge is -2.04. The fourth-order valence-electron chi connectivity index (χ4n) is 1.95. The van der Waals surface area contributed by atoms with Gasteiger partial charge >= 0.3 is 0 Å². The SMILES string of the molecule is COc1ccc2[c]c3ccccc3cc2c1. The summed E-state index contributed by atoms with van der Waals surface area (Å²) in [6, 6.07) is 19.9. The molecule has 1 nitrogen and oxygen atoms in total. The second kappa shape index (κ2) is 3.53. The minimum Gasteiger partial charge on any atom is -0.497 e. The highest BCUT2D eigenvalue weighted by molar-refractivity contribution is 5.97. The van der Waals surface area contributed by atoms with Gasteiger partial charge in [0.05, 0.1) is 7.11 Å². The fourth-order valence-corrected chi connectivity index (χ4v) is 1.95. The summed E-state index contributed by atoms with van der Waals surface area (Å²) in [5.74, 6) is 0.885. The minimum absolute atomic E-state index is 0.885. The van der Waals surface area contributed by atoms with Gasteiger partial charge in [0, 0.05) is 0 Å². The van der Waals surface area contributed by atoms with Gasteiger partial charge < -0.3 is 4.74 Å². The Hall–Kier alpha value is -2.02. The average Bonchev–Trinajstić information content (AvgIpc) is 2.35. The van der Waals surface area contributed by atoms with E-state index in [2.05, 4.69) is 24.3 Å². The molecule has 0 saturated heterocycles. The van der Waals surface area contributed by atoms with E-state index in [4.69, 9.17) is 4.74 Å². The van der Waals surface area contributed by atoms with Gasteiger partial charge in [-0.25, -0.2) is 0 Å². The summed E-state index contributed by atoms with van der Waals surface area (Å²) < 4.78 is 5.22.